The van der Waals surface area contributed by atoms with Gasteiger partial charge in [0.2, 0.25) is 11.7 Å². The molecule has 1 N–H and O–H groups in total. The van der Waals surface area contributed by atoms with Gasteiger partial charge in [0.15, 0.2) is 5.11 Å². The molecule has 6 heteroatoms. The summed E-state index contributed by atoms with van der Waals surface area (Å²) in [5.41, 5.74) is 4.29. The second-order valence-electron chi connectivity index (χ2n) is 6.03. The van der Waals surface area contributed by atoms with Crippen molar-refractivity contribution in [3.8, 4) is 11.4 Å². The summed E-state index contributed by atoms with van der Waals surface area (Å²) < 4.78 is 5.35. The number of aryl methyl sites for hydroxylation is 2. The molecule has 1 aromatic heterocycles. The van der Waals surface area contributed by atoms with Crippen LogP contribution in [0.15, 0.2) is 53.1 Å². The molecule has 0 saturated heterocycles. The molecule has 0 unspecified atom stereocenters. The summed E-state index contributed by atoms with van der Waals surface area (Å²) in [4.78, 5) is 6.31. The molecule has 0 atom stereocenters. The number of hydrogen-bond acceptors (Lipinski definition) is 4. The minimum absolute atomic E-state index is 0.441. The van der Waals surface area contributed by atoms with E-state index in [1.807, 2.05) is 67.4 Å². The van der Waals surface area contributed by atoms with E-state index in [4.69, 9.17) is 16.7 Å². The van der Waals surface area contributed by atoms with Gasteiger partial charge in [-0.3, -0.25) is 0 Å². The van der Waals surface area contributed by atoms with E-state index < -0.39 is 0 Å². The molecule has 0 aliphatic rings. The molecule has 2 aromatic carbocycles. The first-order valence-corrected chi connectivity index (χ1v) is 8.40. The Balaban J connectivity index is 1.62. The molecular weight excluding hydrogens is 332 g/mol. The Morgan fingerprint density at radius 2 is 1.64 bits per heavy atom. The largest absolute Gasteiger partial charge is 0.343 e. The average Bonchev–Trinajstić information content (AvgIpc) is 3.06. The van der Waals surface area contributed by atoms with Crippen molar-refractivity contribution in [2.24, 2.45) is 0 Å². The summed E-state index contributed by atoms with van der Waals surface area (Å²) in [5, 5.41) is 7.84. The Morgan fingerprint density at radius 3 is 2.28 bits per heavy atom. The van der Waals surface area contributed by atoms with Crippen LogP contribution in [-0.2, 0) is 6.54 Å². The van der Waals surface area contributed by atoms with E-state index in [1.54, 1.807) is 0 Å². The van der Waals surface area contributed by atoms with Crippen LogP contribution in [0.1, 0.15) is 17.0 Å². The Labute approximate surface area is 152 Å². The van der Waals surface area contributed by atoms with Crippen molar-refractivity contribution in [2.45, 2.75) is 20.4 Å². The number of aromatic nitrogens is 2. The molecular formula is C19H20N4OS. The molecule has 1 heterocycles. The van der Waals surface area contributed by atoms with Crippen molar-refractivity contribution in [1.82, 2.24) is 15.0 Å². The van der Waals surface area contributed by atoms with Gasteiger partial charge < -0.3 is 14.7 Å². The summed E-state index contributed by atoms with van der Waals surface area (Å²) in [6.45, 7) is 4.54. The smallest absolute Gasteiger partial charge is 0.246 e. The van der Waals surface area contributed by atoms with Crippen molar-refractivity contribution in [3.63, 3.8) is 0 Å². The van der Waals surface area contributed by atoms with Crippen molar-refractivity contribution >= 4 is 23.0 Å². The van der Waals surface area contributed by atoms with Gasteiger partial charge in [-0.1, -0.05) is 52.7 Å². The minimum atomic E-state index is 0.441. The normalized spacial score (nSPS) is 10.5. The average molecular weight is 352 g/mol. The fourth-order valence-corrected chi connectivity index (χ4v) is 2.45. The molecule has 128 valence electrons. The van der Waals surface area contributed by atoms with Crippen molar-refractivity contribution in [1.29, 1.82) is 0 Å². The van der Waals surface area contributed by atoms with Crippen LogP contribution >= 0.6 is 12.2 Å². The van der Waals surface area contributed by atoms with E-state index in [9.17, 15) is 0 Å². The molecule has 5 nitrogen and oxygen atoms in total. The first-order chi connectivity index (χ1) is 12.0. The number of hydrogen-bond donors (Lipinski definition) is 1. The highest BCUT2D eigenvalue weighted by Crippen LogP contribution is 2.17. The van der Waals surface area contributed by atoms with Crippen molar-refractivity contribution < 1.29 is 4.52 Å². The predicted octanol–water partition coefficient (Wildman–Crippen LogP) is 4.18. The second-order valence-corrected chi connectivity index (χ2v) is 6.42. The maximum atomic E-state index is 5.43. The maximum absolute atomic E-state index is 5.43. The van der Waals surface area contributed by atoms with Gasteiger partial charge in [0.25, 0.3) is 0 Å². The fourth-order valence-electron chi connectivity index (χ4n) is 2.27. The zero-order valence-corrected chi connectivity index (χ0v) is 15.3. The first-order valence-electron chi connectivity index (χ1n) is 7.99. The third-order valence-corrected chi connectivity index (χ3v) is 4.21. The van der Waals surface area contributed by atoms with Crippen LogP contribution in [0.2, 0.25) is 0 Å². The zero-order valence-electron chi connectivity index (χ0n) is 14.5. The summed E-state index contributed by atoms with van der Waals surface area (Å²) in [6.07, 6.45) is 0. The Bertz CT molecular complexity index is 856. The number of nitrogens with one attached hydrogen (secondary N) is 1. The van der Waals surface area contributed by atoms with Crippen LogP contribution in [0.3, 0.4) is 0 Å². The molecule has 0 spiro atoms. The molecule has 0 bridgehead atoms. The lowest BCUT2D eigenvalue weighted by molar-refractivity contribution is 0.336. The summed E-state index contributed by atoms with van der Waals surface area (Å²) in [6, 6.07) is 16.1. The van der Waals surface area contributed by atoms with Crippen molar-refractivity contribution in [2.75, 3.05) is 12.4 Å². The number of anilines is 1. The molecule has 0 aliphatic heterocycles. The van der Waals surface area contributed by atoms with Gasteiger partial charge >= 0.3 is 0 Å². The number of rotatable bonds is 4. The Hall–Kier alpha value is -2.73. The van der Waals surface area contributed by atoms with E-state index in [2.05, 4.69) is 22.4 Å². The number of benzene rings is 2. The molecule has 0 saturated carbocycles. The van der Waals surface area contributed by atoms with Crippen LogP contribution in [-0.4, -0.2) is 27.2 Å². The topological polar surface area (TPSA) is 54.2 Å². The molecule has 3 aromatic rings. The molecule has 0 radical (unpaired) electrons. The van der Waals surface area contributed by atoms with Crippen LogP contribution in [0.4, 0.5) is 5.69 Å². The van der Waals surface area contributed by atoms with Crippen LogP contribution in [0.5, 0.6) is 0 Å². The number of nitrogens with zero attached hydrogens (tertiary/aromatic N) is 3. The lowest BCUT2D eigenvalue weighted by Crippen LogP contribution is -2.30. The summed E-state index contributed by atoms with van der Waals surface area (Å²) in [5.74, 6) is 1.10. The summed E-state index contributed by atoms with van der Waals surface area (Å²) in [7, 11) is 1.89. The molecule has 25 heavy (non-hydrogen) atoms. The van der Waals surface area contributed by atoms with Gasteiger partial charge in [-0.05, 0) is 38.2 Å². The van der Waals surface area contributed by atoms with Crippen LogP contribution < -0.4 is 5.32 Å². The van der Waals surface area contributed by atoms with E-state index in [0.29, 0.717) is 23.4 Å². The molecule has 3 rings (SSSR count). The van der Waals surface area contributed by atoms with E-state index in [1.165, 1.54) is 11.1 Å². The van der Waals surface area contributed by atoms with Gasteiger partial charge in [0.05, 0.1) is 6.54 Å². The third kappa shape index (κ3) is 4.42. The minimum Gasteiger partial charge on any atom is -0.343 e. The molecule has 0 amide bonds. The lowest BCUT2D eigenvalue weighted by atomic mass is 10.1. The van der Waals surface area contributed by atoms with Crippen molar-refractivity contribution in [3.05, 3.63) is 65.5 Å². The van der Waals surface area contributed by atoms with E-state index in [-0.39, 0.29) is 0 Å². The highest BCUT2D eigenvalue weighted by Gasteiger charge is 2.12. The standard InChI is InChI=1S/C19H20N4OS/c1-13-4-8-15(9-5-13)18-21-17(24-22-18)12-23(3)19(25)20-16-10-6-14(2)7-11-16/h4-11H,12H2,1-3H3,(H,20,25). The van der Waals surface area contributed by atoms with E-state index >= 15 is 0 Å². The third-order valence-electron chi connectivity index (χ3n) is 3.80. The summed E-state index contributed by atoms with van der Waals surface area (Å²) >= 11 is 5.43. The highest BCUT2D eigenvalue weighted by atomic mass is 32.1. The van der Waals surface area contributed by atoms with Gasteiger partial charge in [0, 0.05) is 18.3 Å². The molecule has 0 aliphatic carbocycles. The quantitative estimate of drug-likeness (QED) is 0.711. The van der Waals surface area contributed by atoms with Gasteiger partial charge in [-0.25, -0.2) is 0 Å². The zero-order chi connectivity index (χ0) is 17.8. The Morgan fingerprint density at radius 1 is 1.04 bits per heavy atom. The monoisotopic (exact) mass is 352 g/mol. The van der Waals surface area contributed by atoms with Gasteiger partial charge in [-0.2, -0.15) is 4.98 Å². The Kier molecular flexibility index (Phi) is 5.09. The van der Waals surface area contributed by atoms with E-state index in [0.717, 1.165) is 11.3 Å². The van der Waals surface area contributed by atoms with Gasteiger partial charge in [0.1, 0.15) is 0 Å². The number of thiocarbonyl (C=S) groups is 1. The van der Waals surface area contributed by atoms with Crippen LogP contribution in [0.25, 0.3) is 11.4 Å². The lowest BCUT2D eigenvalue weighted by Gasteiger charge is -2.19. The van der Waals surface area contributed by atoms with Crippen LogP contribution in [0, 0.1) is 13.8 Å². The predicted molar refractivity (Wildman–Crippen MR) is 103 cm³/mol. The fraction of sp³-hybridized carbons (Fsp3) is 0.211. The second kappa shape index (κ2) is 7.44. The highest BCUT2D eigenvalue weighted by molar-refractivity contribution is 7.80. The first kappa shape index (κ1) is 17.1. The SMILES string of the molecule is Cc1ccc(NC(=S)N(C)Cc2nc(-c3ccc(C)cc3)no2)cc1. The molecule has 0 fully saturated rings. The van der Waals surface area contributed by atoms with Gasteiger partial charge in [-0.15, -0.1) is 0 Å². The maximum Gasteiger partial charge on any atom is 0.246 e.